The first kappa shape index (κ1) is 24.1. The Morgan fingerprint density at radius 3 is 2.17 bits per heavy atom. The van der Waals surface area contributed by atoms with E-state index >= 15 is 0 Å². The zero-order valence-electron chi connectivity index (χ0n) is 20.5. The summed E-state index contributed by atoms with van der Waals surface area (Å²) in [5.41, 5.74) is 3.46. The molecule has 6 heteroatoms. The quantitative estimate of drug-likeness (QED) is 0.281. The van der Waals surface area contributed by atoms with Gasteiger partial charge in [0.2, 0.25) is 0 Å². The molecule has 180 valence electrons. The van der Waals surface area contributed by atoms with E-state index in [4.69, 9.17) is 9.47 Å². The Hall–Kier alpha value is -4.06. The minimum Gasteiger partial charge on any atom is -0.507 e. The first-order valence-corrected chi connectivity index (χ1v) is 11.5. The van der Waals surface area contributed by atoms with E-state index in [0.717, 1.165) is 16.7 Å². The van der Waals surface area contributed by atoms with Crippen LogP contribution in [0, 0.1) is 6.92 Å². The van der Waals surface area contributed by atoms with Crippen LogP contribution in [0.5, 0.6) is 11.5 Å². The van der Waals surface area contributed by atoms with E-state index in [0.29, 0.717) is 22.7 Å². The van der Waals surface area contributed by atoms with Crippen molar-refractivity contribution in [1.82, 2.24) is 0 Å². The number of hydrogen-bond acceptors (Lipinski definition) is 5. The van der Waals surface area contributed by atoms with Crippen LogP contribution in [-0.2, 0) is 9.59 Å². The third-order valence-electron chi connectivity index (χ3n) is 6.36. The number of ketones is 1. The number of amides is 1. The largest absolute Gasteiger partial charge is 0.507 e. The van der Waals surface area contributed by atoms with Crippen LogP contribution in [-0.4, -0.2) is 31.0 Å². The molecule has 1 aliphatic heterocycles. The fraction of sp³-hybridized carbons (Fsp3) is 0.241. The van der Waals surface area contributed by atoms with Gasteiger partial charge in [0.25, 0.3) is 11.7 Å². The molecule has 0 spiro atoms. The summed E-state index contributed by atoms with van der Waals surface area (Å²) in [7, 11) is 3.17. The van der Waals surface area contributed by atoms with Crippen LogP contribution in [0.4, 0.5) is 5.69 Å². The molecule has 35 heavy (non-hydrogen) atoms. The standard InChI is InChI=1S/C29H29NO5/c1-17(2)22-16-23(18(3)15-24(22)35-5)27(31)25-26(19-9-7-6-8-10-19)30(29(33)28(25)32)20-11-13-21(34-4)14-12-20/h6-17,26,31H,1-5H3/b27-25+. The van der Waals surface area contributed by atoms with Crippen LogP contribution in [0.15, 0.2) is 72.3 Å². The van der Waals surface area contributed by atoms with Gasteiger partial charge >= 0.3 is 0 Å². The summed E-state index contributed by atoms with van der Waals surface area (Å²) < 4.78 is 10.8. The highest BCUT2D eigenvalue weighted by Gasteiger charge is 2.47. The monoisotopic (exact) mass is 471 g/mol. The molecular formula is C29H29NO5. The molecule has 1 fully saturated rings. The van der Waals surface area contributed by atoms with Crippen molar-refractivity contribution in [2.75, 3.05) is 19.1 Å². The molecule has 0 radical (unpaired) electrons. The maximum absolute atomic E-state index is 13.4. The number of Topliss-reactive ketones (excluding diaryl/α,β-unsaturated/α-hetero) is 1. The van der Waals surface area contributed by atoms with Crippen LogP contribution in [0.25, 0.3) is 5.76 Å². The maximum Gasteiger partial charge on any atom is 0.300 e. The third-order valence-corrected chi connectivity index (χ3v) is 6.36. The summed E-state index contributed by atoms with van der Waals surface area (Å²) in [5, 5.41) is 11.6. The van der Waals surface area contributed by atoms with Crippen molar-refractivity contribution in [1.29, 1.82) is 0 Å². The highest BCUT2D eigenvalue weighted by atomic mass is 16.5. The Labute approximate surface area is 205 Å². The highest BCUT2D eigenvalue weighted by molar-refractivity contribution is 6.51. The molecule has 1 unspecified atom stereocenters. The zero-order chi connectivity index (χ0) is 25.3. The third kappa shape index (κ3) is 4.28. The first-order chi connectivity index (χ1) is 16.8. The number of methoxy groups -OCH3 is 2. The number of anilines is 1. The Morgan fingerprint density at radius 2 is 1.60 bits per heavy atom. The normalized spacial score (nSPS) is 17.2. The number of nitrogens with zero attached hydrogens (tertiary/aromatic N) is 1. The van der Waals surface area contributed by atoms with Gasteiger partial charge in [-0.05, 0) is 65.9 Å². The van der Waals surface area contributed by atoms with E-state index in [1.165, 1.54) is 4.90 Å². The van der Waals surface area contributed by atoms with Crippen molar-refractivity contribution >= 4 is 23.1 Å². The molecule has 6 nitrogen and oxygen atoms in total. The van der Waals surface area contributed by atoms with E-state index < -0.39 is 17.7 Å². The average molecular weight is 472 g/mol. The summed E-state index contributed by atoms with van der Waals surface area (Å²) >= 11 is 0. The summed E-state index contributed by atoms with van der Waals surface area (Å²) in [6.07, 6.45) is 0. The van der Waals surface area contributed by atoms with Crippen molar-refractivity contribution in [3.63, 3.8) is 0 Å². The van der Waals surface area contributed by atoms with Crippen LogP contribution in [0.2, 0.25) is 0 Å². The number of hydrogen-bond donors (Lipinski definition) is 1. The molecule has 1 atom stereocenters. The van der Waals surface area contributed by atoms with Crippen molar-refractivity contribution in [2.24, 2.45) is 0 Å². The number of aliphatic hydroxyl groups excluding tert-OH is 1. The predicted molar refractivity (Wildman–Crippen MR) is 136 cm³/mol. The summed E-state index contributed by atoms with van der Waals surface area (Å²) in [6.45, 7) is 5.91. The Morgan fingerprint density at radius 1 is 0.943 bits per heavy atom. The van der Waals surface area contributed by atoms with E-state index in [-0.39, 0.29) is 17.3 Å². The van der Waals surface area contributed by atoms with Crippen LogP contribution in [0.3, 0.4) is 0 Å². The van der Waals surface area contributed by atoms with Crippen LogP contribution in [0.1, 0.15) is 48.1 Å². The van der Waals surface area contributed by atoms with Crippen LogP contribution < -0.4 is 14.4 Å². The Bertz CT molecular complexity index is 1290. The van der Waals surface area contributed by atoms with Gasteiger partial charge in [-0.25, -0.2) is 0 Å². The summed E-state index contributed by atoms with van der Waals surface area (Å²) in [4.78, 5) is 28.2. The van der Waals surface area contributed by atoms with Crippen molar-refractivity contribution in [3.05, 3.63) is 94.6 Å². The van der Waals surface area contributed by atoms with E-state index in [9.17, 15) is 14.7 Å². The number of ether oxygens (including phenoxy) is 2. The molecule has 3 aromatic carbocycles. The number of rotatable bonds is 6. The van der Waals surface area contributed by atoms with Crippen molar-refractivity contribution in [2.45, 2.75) is 32.7 Å². The van der Waals surface area contributed by atoms with Gasteiger partial charge in [0.05, 0.1) is 25.8 Å². The highest BCUT2D eigenvalue weighted by Crippen LogP contribution is 2.43. The molecule has 0 bridgehead atoms. The minimum absolute atomic E-state index is 0.0555. The average Bonchev–Trinajstić information content (AvgIpc) is 3.14. The molecular weight excluding hydrogens is 442 g/mol. The molecule has 1 amide bonds. The molecule has 1 N–H and O–H groups in total. The van der Waals surface area contributed by atoms with Gasteiger partial charge in [-0.1, -0.05) is 44.2 Å². The molecule has 3 aromatic rings. The van der Waals surface area contributed by atoms with Gasteiger partial charge in [0.15, 0.2) is 0 Å². The first-order valence-electron chi connectivity index (χ1n) is 11.5. The second-order valence-corrected chi connectivity index (χ2v) is 8.84. The molecule has 4 rings (SSSR count). The lowest BCUT2D eigenvalue weighted by Gasteiger charge is -2.26. The lowest BCUT2D eigenvalue weighted by atomic mass is 9.91. The van der Waals surface area contributed by atoms with E-state index in [2.05, 4.69) is 0 Å². The Balaban J connectivity index is 1.95. The lowest BCUT2D eigenvalue weighted by Crippen LogP contribution is -2.29. The molecule has 0 saturated carbocycles. The molecule has 0 aliphatic carbocycles. The van der Waals surface area contributed by atoms with Gasteiger partial charge in [-0.3, -0.25) is 14.5 Å². The molecule has 1 heterocycles. The molecule has 1 saturated heterocycles. The van der Waals surface area contributed by atoms with Gasteiger partial charge in [-0.2, -0.15) is 0 Å². The van der Waals surface area contributed by atoms with E-state index in [1.54, 1.807) is 38.5 Å². The van der Waals surface area contributed by atoms with E-state index in [1.807, 2.05) is 63.2 Å². The second kappa shape index (κ2) is 9.66. The summed E-state index contributed by atoms with van der Waals surface area (Å²) in [6, 6.07) is 19.1. The lowest BCUT2D eigenvalue weighted by molar-refractivity contribution is -0.132. The molecule has 0 aromatic heterocycles. The number of carbonyl (C=O) groups excluding carboxylic acids is 2. The van der Waals surface area contributed by atoms with Gasteiger partial charge in [0, 0.05) is 11.3 Å². The van der Waals surface area contributed by atoms with Crippen LogP contribution >= 0.6 is 0 Å². The smallest absolute Gasteiger partial charge is 0.300 e. The zero-order valence-corrected chi connectivity index (χ0v) is 20.5. The number of aryl methyl sites for hydroxylation is 1. The summed E-state index contributed by atoms with van der Waals surface area (Å²) in [5.74, 6) is -0.141. The van der Waals surface area contributed by atoms with Gasteiger partial charge < -0.3 is 14.6 Å². The van der Waals surface area contributed by atoms with Gasteiger partial charge in [0.1, 0.15) is 17.3 Å². The topological polar surface area (TPSA) is 76.1 Å². The SMILES string of the molecule is COc1ccc(N2C(=O)C(=O)/C(=C(/O)c3cc(C(C)C)c(OC)cc3C)C2c2ccccc2)cc1. The Kier molecular flexibility index (Phi) is 6.65. The number of benzene rings is 3. The fourth-order valence-electron chi connectivity index (χ4n) is 4.52. The predicted octanol–water partition coefficient (Wildman–Crippen LogP) is 5.76. The maximum atomic E-state index is 13.4. The number of aliphatic hydroxyl groups is 1. The minimum atomic E-state index is -0.784. The van der Waals surface area contributed by atoms with Gasteiger partial charge in [-0.15, -0.1) is 0 Å². The second-order valence-electron chi connectivity index (χ2n) is 8.84. The van der Waals surface area contributed by atoms with Crippen molar-refractivity contribution in [3.8, 4) is 11.5 Å². The van der Waals surface area contributed by atoms with Crippen molar-refractivity contribution < 1.29 is 24.2 Å². The fourth-order valence-corrected chi connectivity index (χ4v) is 4.52. The molecule has 1 aliphatic rings. The number of carbonyl (C=O) groups is 2.